The molecule has 0 amide bonds. The lowest BCUT2D eigenvalue weighted by molar-refractivity contribution is 0.578. The van der Waals surface area contributed by atoms with Gasteiger partial charge in [-0.05, 0) is 69.5 Å². The third-order valence-electron chi connectivity index (χ3n) is 8.24. The average molecular weight is 630 g/mol. The van der Waals surface area contributed by atoms with Gasteiger partial charge in [-0.1, -0.05) is 115 Å². The molecule has 0 radical (unpaired) electrons. The molecule has 3 nitrogen and oxygen atoms in total. The number of nitrogens with zero attached hydrogens (tertiary/aromatic N) is 1. The van der Waals surface area contributed by atoms with Crippen LogP contribution in [0.1, 0.15) is 52.6 Å². The molecule has 1 aliphatic carbocycles. The van der Waals surface area contributed by atoms with Crippen molar-refractivity contribution in [2.24, 2.45) is 0 Å². The Morgan fingerprint density at radius 3 is 1.78 bits per heavy atom. The quantitative estimate of drug-likeness (QED) is 0.144. The predicted octanol–water partition coefficient (Wildman–Crippen LogP) is 10.4. The van der Waals surface area contributed by atoms with Crippen molar-refractivity contribution in [1.82, 2.24) is 4.34 Å². The Hall–Kier alpha value is -3.90. The highest BCUT2D eigenvalue weighted by atomic mass is 31.2. The van der Waals surface area contributed by atoms with Gasteiger partial charge in [-0.3, -0.25) is 4.34 Å². The van der Waals surface area contributed by atoms with E-state index in [4.69, 9.17) is 9.05 Å². The summed E-state index contributed by atoms with van der Waals surface area (Å²) in [6.45, 7) is 11.0. The van der Waals surface area contributed by atoms with Crippen molar-refractivity contribution < 1.29 is 9.05 Å². The van der Waals surface area contributed by atoms with Gasteiger partial charge < -0.3 is 9.05 Å². The molecule has 0 aliphatic heterocycles. The minimum Gasteiger partial charge on any atom is -0.468 e. The van der Waals surface area contributed by atoms with Crippen LogP contribution >= 0.6 is 16.4 Å². The minimum absolute atomic E-state index is 0.0407. The van der Waals surface area contributed by atoms with Crippen molar-refractivity contribution in [2.45, 2.75) is 52.6 Å². The smallest absolute Gasteiger partial charge is 0.229 e. The first-order valence-electron chi connectivity index (χ1n) is 15.6. The first kappa shape index (κ1) is 31.1. The van der Waals surface area contributed by atoms with E-state index in [-0.39, 0.29) is 5.92 Å². The molecule has 6 rings (SSSR count). The Morgan fingerprint density at radius 2 is 1.22 bits per heavy atom. The monoisotopic (exact) mass is 629 g/mol. The molecule has 0 saturated carbocycles. The average Bonchev–Trinajstić information content (AvgIpc) is 3.59. The number of aromatic nitrogens is 1. The lowest BCUT2D eigenvalue weighted by Crippen LogP contribution is -2.17. The van der Waals surface area contributed by atoms with Crippen molar-refractivity contribution in [3.8, 4) is 11.5 Å². The van der Waals surface area contributed by atoms with Gasteiger partial charge in [0, 0.05) is 45.7 Å². The summed E-state index contributed by atoms with van der Waals surface area (Å²) in [6.07, 6.45) is 14.0. The fraction of sp³-hybridized carbons (Fsp3) is 0.200. The molecule has 5 aromatic rings. The third kappa shape index (κ3) is 7.01. The Balaban J connectivity index is 1.44. The van der Waals surface area contributed by atoms with Crippen molar-refractivity contribution >= 4 is 27.1 Å². The Labute approximate surface area is 271 Å². The SMILES string of the molecule is Cc1cc(C)c(OP(c2ccccc2)C2C=CC=CC2)c(C(C)c2cc(C)cc(C)c2OP(c2ccccc2)n2cccc2)c1. The van der Waals surface area contributed by atoms with Gasteiger partial charge in [-0.25, -0.2) is 0 Å². The van der Waals surface area contributed by atoms with E-state index >= 15 is 0 Å². The number of rotatable bonds is 10. The van der Waals surface area contributed by atoms with Gasteiger partial charge in [0.05, 0.1) is 0 Å². The van der Waals surface area contributed by atoms with Gasteiger partial charge >= 0.3 is 0 Å². The van der Waals surface area contributed by atoms with Crippen LogP contribution in [0.15, 0.2) is 134 Å². The van der Waals surface area contributed by atoms with Crippen LogP contribution in [0.25, 0.3) is 0 Å². The fourth-order valence-corrected chi connectivity index (χ4v) is 9.90. The lowest BCUT2D eigenvalue weighted by atomic mass is 9.87. The van der Waals surface area contributed by atoms with Crippen molar-refractivity contribution in [1.29, 1.82) is 0 Å². The number of hydrogen-bond donors (Lipinski definition) is 0. The van der Waals surface area contributed by atoms with E-state index in [1.165, 1.54) is 38.4 Å². The van der Waals surface area contributed by atoms with Crippen LogP contribution in [0.5, 0.6) is 11.5 Å². The molecule has 228 valence electrons. The topological polar surface area (TPSA) is 23.4 Å². The zero-order valence-corrected chi connectivity index (χ0v) is 28.5. The summed E-state index contributed by atoms with van der Waals surface area (Å²) < 4.78 is 16.6. The molecule has 1 aliphatic rings. The van der Waals surface area contributed by atoms with Crippen molar-refractivity contribution in [2.75, 3.05) is 0 Å². The van der Waals surface area contributed by atoms with Crippen LogP contribution in [-0.4, -0.2) is 10.00 Å². The minimum atomic E-state index is -1.12. The summed E-state index contributed by atoms with van der Waals surface area (Å²) in [5.74, 6) is 1.98. The van der Waals surface area contributed by atoms with Gasteiger partial charge in [-0.2, -0.15) is 0 Å². The summed E-state index contributed by atoms with van der Waals surface area (Å²) >= 11 is 0. The molecule has 45 heavy (non-hydrogen) atoms. The fourth-order valence-electron chi connectivity index (χ4n) is 6.08. The molecule has 4 atom stereocenters. The second-order valence-corrected chi connectivity index (χ2v) is 15.6. The van der Waals surface area contributed by atoms with Crippen LogP contribution in [0, 0.1) is 27.7 Å². The highest BCUT2D eigenvalue weighted by Crippen LogP contribution is 2.51. The maximum atomic E-state index is 7.25. The molecule has 4 aromatic carbocycles. The number of aryl methyl sites for hydroxylation is 4. The van der Waals surface area contributed by atoms with E-state index in [1.807, 2.05) is 0 Å². The molecule has 0 spiro atoms. The zero-order valence-electron chi connectivity index (χ0n) is 26.7. The van der Waals surface area contributed by atoms with E-state index in [1.54, 1.807) is 0 Å². The van der Waals surface area contributed by atoms with E-state index in [0.717, 1.165) is 23.5 Å². The molecule has 0 fully saturated rings. The molecule has 4 unspecified atom stereocenters. The van der Waals surface area contributed by atoms with Crippen molar-refractivity contribution in [3.63, 3.8) is 0 Å². The highest BCUT2D eigenvalue weighted by Gasteiger charge is 2.29. The second kappa shape index (κ2) is 14.0. The summed E-state index contributed by atoms with van der Waals surface area (Å²) in [5.41, 5.74) is 7.47. The number of benzene rings is 4. The second-order valence-electron chi connectivity index (χ2n) is 11.9. The van der Waals surface area contributed by atoms with Crippen LogP contribution in [0.2, 0.25) is 0 Å². The molecule has 0 N–H and O–H groups in total. The Morgan fingerprint density at radius 1 is 0.667 bits per heavy atom. The first-order chi connectivity index (χ1) is 21.9. The van der Waals surface area contributed by atoms with Gasteiger partial charge in [-0.15, -0.1) is 0 Å². The third-order valence-corrected chi connectivity index (χ3v) is 12.2. The van der Waals surface area contributed by atoms with Gasteiger partial charge in [0.2, 0.25) is 8.30 Å². The van der Waals surface area contributed by atoms with Gasteiger partial charge in [0.25, 0.3) is 0 Å². The molecule has 1 heterocycles. The summed E-state index contributed by atoms with van der Waals surface area (Å²) in [7, 11) is -2.07. The predicted molar refractivity (Wildman–Crippen MR) is 193 cm³/mol. The Kier molecular flexibility index (Phi) is 9.70. The first-order valence-corrected chi connectivity index (χ1v) is 18.2. The lowest BCUT2D eigenvalue weighted by Gasteiger charge is -2.30. The summed E-state index contributed by atoms with van der Waals surface area (Å²) in [4.78, 5) is 0. The molecule has 1 aromatic heterocycles. The van der Waals surface area contributed by atoms with Crippen LogP contribution < -0.4 is 19.7 Å². The van der Waals surface area contributed by atoms with E-state index in [2.05, 4.69) is 173 Å². The van der Waals surface area contributed by atoms with E-state index in [9.17, 15) is 0 Å². The van der Waals surface area contributed by atoms with Crippen LogP contribution in [-0.2, 0) is 0 Å². The summed E-state index contributed by atoms with van der Waals surface area (Å²) in [6, 6.07) is 34.5. The van der Waals surface area contributed by atoms with Gasteiger partial charge in [0.15, 0.2) is 0 Å². The van der Waals surface area contributed by atoms with E-state index < -0.39 is 16.4 Å². The zero-order chi connectivity index (χ0) is 31.3. The largest absolute Gasteiger partial charge is 0.468 e. The standard InChI is InChI=1S/C40H41NO2P2/c1-29-25-31(3)39(42-44(34-17-9-6-10-18-34)35-19-11-7-12-20-35)37(27-29)33(5)38-28-30(2)26-32(4)40(38)43-45(41-23-15-16-24-41)36-21-13-8-14-22-36/h6-19,21-28,33,35H,20H2,1-5H3. The maximum Gasteiger partial charge on any atom is 0.229 e. The van der Waals surface area contributed by atoms with Crippen LogP contribution in [0.3, 0.4) is 0 Å². The molecular weight excluding hydrogens is 588 g/mol. The molecule has 0 bridgehead atoms. The van der Waals surface area contributed by atoms with Gasteiger partial charge in [0.1, 0.15) is 19.6 Å². The highest BCUT2D eigenvalue weighted by molar-refractivity contribution is 7.62. The number of allylic oxidation sites excluding steroid dienone is 4. The maximum absolute atomic E-state index is 7.25. The van der Waals surface area contributed by atoms with E-state index in [0.29, 0.717) is 5.66 Å². The summed E-state index contributed by atoms with van der Waals surface area (Å²) in [5, 5.41) is 2.42. The Bertz CT molecular complexity index is 1800. The number of hydrogen-bond acceptors (Lipinski definition) is 2. The van der Waals surface area contributed by atoms with Crippen molar-refractivity contribution in [3.05, 3.63) is 167 Å². The molecule has 5 heteroatoms. The van der Waals surface area contributed by atoms with Crippen LogP contribution in [0.4, 0.5) is 0 Å². The normalized spacial score (nSPS) is 16.2. The molecule has 0 saturated heterocycles. The molecular formula is C40H41NO2P2.